The summed E-state index contributed by atoms with van der Waals surface area (Å²) in [5.74, 6) is 0.633. The number of hydrogen-bond donors (Lipinski definition) is 1. The Morgan fingerprint density at radius 3 is 2.84 bits per heavy atom. The molecule has 31 heavy (non-hydrogen) atoms. The van der Waals surface area contributed by atoms with E-state index in [-0.39, 0.29) is 24.1 Å². The van der Waals surface area contributed by atoms with Crippen LogP contribution in [0.5, 0.6) is 0 Å². The first kappa shape index (κ1) is 20.2. The summed E-state index contributed by atoms with van der Waals surface area (Å²) in [5.41, 5.74) is 0.695. The third kappa shape index (κ3) is 4.08. The fourth-order valence-corrected chi connectivity index (χ4v) is 5.78. The van der Waals surface area contributed by atoms with Crippen LogP contribution >= 0.6 is 22.7 Å². The lowest BCUT2D eigenvalue weighted by molar-refractivity contribution is -0.122. The van der Waals surface area contributed by atoms with E-state index in [0.29, 0.717) is 16.8 Å². The number of carbonyl (C=O) groups excluding carboxylic acids is 1. The van der Waals surface area contributed by atoms with Crippen LogP contribution in [0.25, 0.3) is 20.7 Å². The molecule has 0 bridgehead atoms. The molecule has 1 saturated heterocycles. The van der Waals surface area contributed by atoms with Crippen LogP contribution in [0, 0.1) is 0 Å². The van der Waals surface area contributed by atoms with Crippen molar-refractivity contribution in [3.63, 3.8) is 0 Å². The molecule has 0 saturated carbocycles. The predicted molar refractivity (Wildman–Crippen MR) is 122 cm³/mol. The fourth-order valence-electron chi connectivity index (χ4n) is 4.06. The minimum Gasteiger partial charge on any atom is -0.468 e. The zero-order chi connectivity index (χ0) is 21.2. The third-order valence-corrected chi connectivity index (χ3v) is 7.40. The van der Waals surface area contributed by atoms with Gasteiger partial charge in [0.25, 0.3) is 5.56 Å². The van der Waals surface area contributed by atoms with Crippen molar-refractivity contribution in [1.82, 2.24) is 19.8 Å². The Morgan fingerprint density at radius 1 is 1.23 bits per heavy atom. The number of amides is 1. The lowest BCUT2D eigenvalue weighted by atomic mass is 10.2. The van der Waals surface area contributed by atoms with Crippen LogP contribution in [-0.2, 0) is 11.3 Å². The summed E-state index contributed by atoms with van der Waals surface area (Å²) in [6, 6.07) is 7.76. The van der Waals surface area contributed by atoms with Crippen LogP contribution in [-0.4, -0.2) is 40.0 Å². The van der Waals surface area contributed by atoms with Crippen LogP contribution in [0.15, 0.2) is 56.8 Å². The molecule has 0 spiro atoms. The summed E-state index contributed by atoms with van der Waals surface area (Å²) >= 11 is 3.03. The average Bonchev–Trinajstić information content (AvgIpc) is 3.56. The summed E-state index contributed by atoms with van der Waals surface area (Å²) < 4.78 is 7.00. The highest BCUT2D eigenvalue weighted by Gasteiger charge is 2.26. The molecule has 5 rings (SSSR count). The van der Waals surface area contributed by atoms with Crippen molar-refractivity contribution >= 4 is 38.8 Å². The first-order chi connectivity index (χ1) is 15.2. The SMILES string of the molecule is O=C(Cn1cnc2scc(-c3cccs3)c2c1=O)NCC(c1ccco1)N1CCCC1. The topological polar surface area (TPSA) is 80.4 Å². The maximum atomic E-state index is 13.1. The summed E-state index contributed by atoms with van der Waals surface area (Å²) in [6.07, 6.45) is 5.43. The van der Waals surface area contributed by atoms with Gasteiger partial charge < -0.3 is 9.73 Å². The number of hydrogen-bond acceptors (Lipinski definition) is 7. The van der Waals surface area contributed by atoms with E-state index < -0.39 is 0 Å². The quantitative estimate of drug-likeness (QED) is 0.460. The van der Waals surface area contributed by atoms with Crippen LogP contribution in [0.2, 0.25) is 0 Å². The summed E-state index contributed by atoms with van der Waals surface area (Å²) in [5, 5.41) is 7.50. The number of nitrogens with one attached hydrogen (secondary N) is 1. The highest BCUT2D eigenvalue weighted by Crippen LogP contribution is 2.33. The molecule has 160 valence electrons. The molecular weight excluding hydrogens is 432 g/mol. The number of fused-ring (bicyclic) bond motifs is 1. The second-order valence-corrected chi connectivity index (χ2v) is 9.37. The van der Waals surface area contributed by atoms with Crippen molar-refractivity contribution < 1.29 is 9.21 Å². The Balaban J connectivity index is 1.32. The van der Waals surface area contributed by atoms with Gasteiger partial charge in [-0.15, -0.1) is 22.7 Å². The van der Waals surface area contributed by atoms with E-state index in [1.165, 1.54) is 22.2 Å². The summed E-state index contributed by atoms with van der Waals surface area (Å²) in [7, 11) is 0. The van der Waals surface area contributed by atoms with Gasteiger partial charge in [-0.1, -0.05) is 6.07 Å². The largest absolute Gasteiger partial charge is 0.468 e. The maximum absolute atomic E-state index is 13.1. The van der Waals surface area contributed by atoms with Crippen molar-refractivity contribution in [3.8, 4) is 10.4 Å². The Hall–Kier alpha value is -2.75. The van der Waals surface area contributed by atoms with Gasteiger partial charge >= 0.3 is 0 Å². The number of carbonyl (C=O) groups is 1. The van der Waals surface area contributed by atoms with Crippen LogP contribution in [0.4, 0.5) is 0 Å². The van der Waals surface area contributed by atoms with Crippen LogP contribution < -0.4 is 10.9 Å². The first-order valence-corrected chi connectivity index (χ1v) is 12.0. The number of likely N-dealkylation sites (tertiary alicyclic amines) is 1. The molecule has 1 unspecified atom stereocenters. The second kappa shape index (κ2) is 8.78. The van der Waals surface area contributed by atoms with Gasteiger partial charge in [0.15, 0.2) is 0 Å². The summed E-state index contributed by atoms with van der Waals surface area (Å²) in [6.45, 7) is 2.36. The Morgan fingerprint density at radius 2 is 2.10 bits per heavy atom. The highest BCUT2D eigenvalue weighted by atomic mass is 32.1. The van der Waals surface area contributed by atoms with Gasteiger partial charge in [0.2, 0.25) is 5.91 Å². The molecular formula is C22H22N4O3S2. The standard InChI is InChI=1S/C22H22N4O3S2/c27-19(23-11-16(17-5-3-9-29-17)25-7-1-2-8-25)12-26-14-24-21-20(22(26)28)15(13-31-21)18-6-4-10-30-18/h3-6,9-10,13-14,16H,1-2,7-8,11-12H2,(H,23,27). The smallest absolute Gasteiger partial charge is 0.263 e. The van der Waals surface area contributed by atoms with Crippen molar-refractivity contribution in [2.24, 2.45) is 0 Å². The molecule has 1 aliphatic heterocycles. The van der Waals surface area contributed by atoms with Gasteiger partial charge in [0.1, 0.15) is 17.1 Å². The van der Waals surface area contributed by atoms with Gasteiger partial charge in [0, 0.05) is 22.4 Å². The highest BCUT2D eigenvalue weighted by molar-refractivity contribution is 7.18. The number of thiophene rings is 2. The monoisotopic (exact) mass is 454 g/mol. The Bertz CT molecular complexity index is 1220. The molecule has 0 aliphatic carbocycles. The summed E-state index contributed by atoms with van der Waals surface area (Å²) in [4.78, 5) is 34.3. The van der Waals surface area contributed by atoms with E-state index in [1.54, 1.807) is 17.6 Å². The number of furan rings is 1. The van der Waals surface area contributed by atoms with E-state index in [4.69, 9.17) is 4.42 Å². The zero-order valence-corrected chi connectivity index (χ0v) is 18.5. The fraction of sp³-hybridized carbons (Fsp3) is 0.318. The molecule has 7 nitrogen and oxygen atoms in total. The number of nitrogens with zero attached hydrogens (tertiary/aromatic N) is 3. The third-order valence-electron chi connectivity index (χ3n) is 5.61. The van der Waals surface area contributed by atoms with Crippen LogP contribution in [0.3, 0.4) is 0 Å². The molecule has 5 heterocycles. The predicted octanol–water partition coefficient (Wildman–Crippen LogP) is 3.73. The molecule has 1 fully saturated rings. The van der Waals surface area contributed by atoms with E-state index in [2.05, 4.69) is 15.2 Å². The van der Waals surface area contributed by atoms with Gasteiger partial charge in [0.05, 0.1) is 24.0 Å². The molecule has 1 amide bonds. The van der Waals surface area contributed by atoms with Crippen molar-refractivity contribution in [2.75, 3.05) is 19.6 Å². The van der Waals surface area contributed by atoms with E-state index in [9.17, 15) is 9.59 Å². The van der Waals surface area contributed by atoms with E-state index in [0.717, 1.165) is 42.1 Å². The minimum atomic E-state index is -0.216. The average molecular weight is 455 g/mol. The van der Waals surface area contributed by atoms with Gasteiger partial charge in [-0.2, -0.15) is 0 Å². The van der Waals surface area contributed by atoms with Crippen molar-refractivity contribution in [1.29, 1.82) is 0 Å². The minimum absolute atomic E-state index is 0.00100. The molecule has 4 aromatic heterocycles. The zero-order valence-electron chi connectivity index (χ0n) is 16.8. The lowest BCUT2D eigenvalue weighted by Crippen LogP contribution is -2.39. The molecule has 1 N–H and O–H groups in total. The normalized spacial score (nSPS) is 15.5. The van der Waals surface area contributed by atoms with Crippen molar-refractivity contribution in [2.45, 2.75) is 25.4 Å². The number of rotatable bonds is 7. The maximum Gasteiger partial charge on any atom is 0.263 e. The van der Waals surface area contributed by atoms with Gasteiger partial charge in [-0.05, 0) is 49.5 Å². The Labute approximate surface area is 186 Å². The molecule has 1 aliphatic rings. The van der Waals surface area contributed by atoms with E-state index in [1.807, 2.05) is 35.0 Å². The number of aromatic nitrogens is 2. The van der Waals surface area contributed by atoms with Gasteiger partial charge in [-0.3, -0.25) is 19.1 Å². The van der Waals surface area contributed by atoms with Crippen LogP contribution in [0.1, 0.15) is 24.6 Å². The van der Waals surface area contributed by atoms with Crippen molar-refractivity contribution in [3.05, 3.63) is 63.7 Å². The molecule has 4 aromatic rings. The Kier molecular flexibility index (Phi) is 5.71. The molecule has 0 radical (unpaired) electrons. The first-order valence-electron chi connectivity index (χ1n) is 10.3. The molecule has 1 atom stereocenters. The molecule has 9 heteroatoms. The molecule has 0 aromatic carbocycles. The lowest BCUT2D eigenvalue weighted by Gasteiger charge is -2.26. The van der Waals surface area contributed by atoms with Gasteiger partial charge in [-0.25, -0.2) is 4.98 Å². The second-order valence-electron chi connectivity index (χ2n) is 7.56. The van der Waals surface area contributed by atoms with E-state index >= 15 is 0 Å².